The lowest BCUT2D eigenvalue weighted by molar-refractivity contribution is -0.385. The number of rotatable bonds is 5. The summed E-state index contributed by atoms with van der Waals surface area (Å²) in [6.07, 6.45) is 0. The number of nitro groups is 2. The van der Waals surface area contributed by atoms with Crippen molar-refractivity contribution < 1.29 is 14.6 Å². The first-order chi connectivity index (χ1) is 9.97. The third-order valence-electron chi connectivity index (χ3n) is 2.73. The van der Waals surface area contributed by atoms with E-state index >= 15 is 0 Å². The molecule has 0 unspecified atom stereocenters. The third kappa shape index (κ3) is 3.44. The highest BCUT2D eigenvalue weighted by atomic mass is 16.6. The minimum Gasteiger partial charge on any atom is -0.489 e. The predicted molar refractivity (Wildman–Crippen MR) is 74.9 cm³/mol. The molecule has 0 amide bonds. The molecule has 0 heterocycles. The van der Waals surface area contributed by atoms with Crippen LogP contribution in [0, 0.1) is 20.2 Å². The Hall–Kier alpha value is -3.16. The summed E-state index contributed by atoms with van der Waals surface area (Å²) >= 11 is 0. The van der Waals surface area contributed by atoms with Crippen molar-refractivity contribution in [2.45, 2.75) is 6.61 Å². The molecule has 8 heteroatoms. The van der Waals surface area contributed by atoms with Crippen LogP contribution >= 0.6 is 0 Å². The van der Waals surface area contributed by atoms with E-state index in [1.807, 2.05) is 0 Å². The Balaban J connectivity index is 2.13. The van der Waals surface area contributed by atoms with Gasteiger partial charge in [-0.1, -0.05) is 12.1 Å². The van der Waals surface area contributed by atoms with E-state index in [1.54, 1.807) is 12.1 Å². The van der Waals surface area contributed by atoms with Crippen LogP contribution in [-0.4, -0.2) is 9.85 Å². The van der Waals surface area contributed by atoms with Gasteiger partial charge in [-0.05, 0) is 17.7 Å². The van der Waals surface area contributed by atoms with Crippen molar-refractivity contribution in [2.75, 3.05) is 5.73 Å². The van der Waals surface area contributed by atoms with Crippen LogP contribution in [0.25, 0.3) is 0 Å². The summed E-state index contributed by atoms with van der Waals surface area (Å²) in [4.78, 5) is 20.3. The zero-order valence-electron chi connectivity index (χ0n) is 10.8. The molecule has 0 fully saturated rings. The van der Waals surface area contributed by atoms with Gasteiger partial charge in [-0.2, -0.15) is 0 Å². The number of ether oxygens (including phenoxy) is 1. The summed E-state index contributed by atoms with van der Waals surface area (Å²) in [5.41, 5.74) is 5.82. The molecule has 0 saturated heterocycles. The molecule has 2 rings (SSSR count). The molecular formula is C13H11N3O5. The molecule has 0 aliphatic heterocycles. The maximum absolute atomic E-state index is 10.8. The Kier molecular flexibility index (Phi) is 3.98. The molecule has 0 atom stereocenters. The number of hydrogen-bond acceptors (Lipinski definition) is 6. The number of nitrogens with two attached hydrogens (primary N) is 1. The normalized spacial score (nSPS) is 10.1. The van der Waals surface area contributed by atoms with Gasteiger partial charge in [-0.25, -0.2) is 0 Å². The van der Waals surface area contributed by atoms with Crippen LogP contribution in [0.1, 0.15) is 5.56 Å². The summed E-state index contributed by atoms with van der Waals surface area (Å²) in [7, 11) is 0. The number of anilines is 1. The second-order valence-electron chi connectivity index (χ2n) is 4.19. The zero-order valence-corrected chi connectivity index (χ0v) is 10.8. The van der Waals surface area contributed by atoms with E-state index in [9.17, 15) is 20.2 Å². The number of benzene rings is 2. The van der Waals surface area contributed by atoms with Crippen molar-refractivity contribution in [3.8, 4) is 5.75 Å². The molecule has 108 valence electrons. The average molecular weight is 289 g/mol. The minimum atomic E-state index is -0.577. The SMILES string of the molecule is Nc1ccc(COc2cccc([N+](=O)[O-])c2)cc1[N+](=O)[O-]. The number of hydrogen-bond donors (Lipinski definition) is 1. The largest absolute Gasteiger partial charge is 0.489 e. The predicted octanol–water partition coefficient (Wildman–Crippen LogP) is 2.66. The topological polar surface area (TPSA) is 122 Å². The first kappa shape index (κ1) is 14.3. The van der Waals surface area contributed by atoms with Crippen LogP contribution in [0.3, 0.4) is 0 Å². The molecule has 0 bridgehead atoms. The average Bonchev–Trinajstić information content (AvgIpc) is 2.46. The Bertz CT molecular complexity index is 702. The lowest BCUT2D eigenvalue weighted by Gasteiger charge is -2.06. The number of nitrogens with zero attached hydrogens (tertiary/aromatic N) is 2. The molecule has 0 saturated carbocycles. The van der Waals surface area contributed by atoms with Gasteiger partial charge in [0.1, 0.15) is 18.0 Å². The van der Waals surface area contributed by atoms with Crippen molar-refractivity contribution in [3.05, 3.63) is 68.3 Å². The smallest absolute Gasteiger partial charge is 0.292 e. The Morgan fingerprint density at radius 1 is 1.05 bits per heavy atom. The van der Waals surface area contributed by atoms with E-state index in [0.29, 0.717) is 11.3 Å². The molecule has 2 aromatic rings. The van der Waals surface area contributed by atoms with Gasteiger partial charge < -0.3 is 10.5 Å². The molecule has 0 radical (unpaired) electrons. The van der Waals surface area contributed by atoms with Gasteiger partial charge in [0, 0.05) is 12.1 Å². The Labute approximate surface area is 119 Å². The molecule has 0 spiro atoms. The van der Waals surface area contributed by atoms with Crippen LogP contribution in [-0.2, 0) is 6.61 Å². The van der Waals surface area contributed by atoms with Gasteiger partial charge in [0.15, 0.2) is 0 Å². The van der Waals surface area contributed by atoms with Gasteiger partial charge in [0.2, 0.25) is 0 Å². The van der Waals surface area contributed by atoms with Crippen molar-refractivity contribution in [1.29, 1.82) is 0 Å². The number of nitrogen functional groups attached to an aromatic ring is 1. The lowest BCUT2D eigenvalue weighted by atomic mass is 10.2. The monoisotopic (exact) mass is 289 g/mol. The third-order valence-corrected chi connectivity index (χ3v) is 2.73. The van der Waals surface area contributed by atoms with Gasteiger partial charge in [-0.3, -0.25) is 20.2 Å². The maximum Gasteiger partial charge on any atom is 0.292 e. The quantitative estimate of drug-likeness (QED) is 0.513. The lowest BCUT2D eigenvalue weighted by Crippen LogP contribution is -2.00. The molecule has 2 aromatic carbocycles. The van der Waals surface area contributed by atoms with Gasteiger partial charge >= 0.3 is 0 Å². The van der Waals surface area contributed by atoms with Crippen molar-refractivity contribution in [1.82, 2.24) is 0 Å². The van der Waals surface area contributed by atoms with Gasteiger partial charge in [-0.15, -0.1) is 0 Å². The van der Waals surface area contributed by atoms with Gasteiger partial charge in [0.05, 0.1) is 15.9 Å². The van der Waals surface area contributed by atoms with E-state index in [1.165, 1.54) is 30.3 Å². The highest BCUT2D eigenvalue weighted by Crippen LogP contribution is 2.24. The van der Waals surface area contributed by atoms with E-state index in [-0.39, 0.29) is 23.7 Å². The van der Waals surface area contributed by atoms with E-state index in [0.717, 1.165) is 0 Å². The van der Waals surface area contributed by atoms with Crippen molar-refractivity contribution >= 4 is 17.1 Å². The highest BCUT2D eigenvalue weighted by molar-refractivity contribution is 5.59. The number of non-ortho nitro benzene ring substituents is 1. The van der Waals surface area contributed by atoms with Crippen LogP contribution < -0.4 is 10.5 Å². The summed E-state index contributed by atoms with van der Waals surface area (Å²) in [5.74, 6) is 0.309. The van der Waals surface area contributed by atoms with Crippen LogP contribution in [0.15, 0.2) is 42.5 Å². The van der Waals surface area contributed by atoms with Crippen LogP contribution in [0.4, 0.5) is 17.1 Å². The highest BCUT2D eigenvalue weighted by Gasteiger charge is 2.12. The van der Waals surface area contributed by atoms with Crippen LogP contribution in [0.2, 0.25) is 0 Å². The second kappa shape index (κ2) is 5.87. The summed E-state index contributed by atoms with van der Waals surface area (Å²) in [5, 5.41) is 21.4. The van der Waals surface area contributed by atoms with Crippen molar-refractivity contribution in [2.24, 2.45) is 0 Å². The molecule has 0 aromatic heterocycles. The van der Waals surface area contributed by atoms with E-state index in [2.05, 4.69) is 0 Å². The fraction of sp³-hybridized carbons (Fsp3) is 0.0769. The molecule has 0 aliphatic carbocycles. The van der Waals surface area contributed by atoms with Crippen LogP contribution in [0.5, 0.6) is 5.75 Å². The summed E-state index contributed by atoms with van der Waals surface area (Å²) < 4.78 is 5.39. The molecule has 8 nitrogen and oxygen atoms in total. The number of nitro benzene ring substituents is 2. The Morgan fingerprint density at radius 2 is 1.81 bits per heavy atom. The first-order valence-electron chi connectivity index (χ1n) is 5.87. The van der Waals surface area contributed by atoms with Crippen molar-refractivity contribution in [3.63, 3.8) is 0 Å². The minimum absolute atomic E-state index is 0.0439. The summed E-state index contributed by atoms with van der Waals surface area (Å²) in [6.45, 7) is 0.0439. The molecule has 2 N–H and O–H groups in total. The summed E-state index contributed by atoms with van der Waals surface area (Å²) in [6, 6.07) is 10.0. The maximum atomic E-state index is 10.8. The Morgan fingerprint density at radius 3 is 2.48 bits per heavy atom. The molecule has 21 heavy (non-hydrogen) atoms. The van der Waals surface area contributed by atoms with E-state index < -0.39 is 9.85 Å². The van der Waals surface area contributed by atoms with E-state index in [4.69, 9.17) is 10.5 Å². The zero-order chi connectivity index (χ0) is 15.4. The standard InChI is InChI=1S/C13H11N3O5/c14-12-5-4-9(6-13(12)16(19)20)8-21-11-3-1-2-10(7-11)15(17)18/h1-7H,8,14H2. The fourth-order valence-electron chi connectivity index (χ4n) is 1.69. The molecule has 0 aliphatic rings. The molecular weight excluding hydrogens is 278 g/mol. The second-order valence-corrected chi connectivity index (χ2v) is 4.19. The van der Waals surface area contributed by atoms with Gasteiger partial charge in [0.25, 0.3) is 11.4 Å². The first-order valence-corrected chi connectivity index (χ1v) is 5.87. The fourth-order valence-corrected chi connectivity index (χ4v) is 1.69.